The first-order valence-corrected chi connectivity index (χ1v) is 20.6. The van der Waals surface area contributed by atoms with Crippen LogP contribution in [0.2, 0.25) is 0 Å². The van der Waals surface area contributed by atoms with Gasteiger partial charge in [-0.15, -0.1) is 162 Å². The van der Waals surface area contributed by atoms with Gasteiger partial charge in [0.2, 0.25) is 0 Å². The quantitative estimate of drug-likeness (QED) is 0.136. The third kappa shape index (κ3) is 13.5. The van der Waals surface area contributed by atoms with Crippen LogP contribution >= 0.6 is 17.2 Å². The molecule has 0 spiro atoms. The van der Waals surface area contributed by atoms with Crippen molar-refractivity contribution in [2.75, 3.05) is 0 Å². The Morgan fingerprint density at radius 1 is 0.328 bits per heavy atom. The second kappa shape index (κ2) is 24.3. The summed E-state index contributed by atoms with van der Waals surface area (Å²) in [4.78, 5) is 0. The van der Waals surface area contributed by atoms with Gasteiger partial charge in [-0.3, -0.25) is 0 Å². The van der Waals surface area contributed by atoms with E-state index >= 15 is 0 Å². The van der Waals surface area contributed by atoms with Gasteiger partial charge in [0.25, 0.3) is 0 Å². The molecular weight excluding hydrogens is 940 g/mol. The van der Waals surface area contributed by atoms with Crippen LogP contribution in [0.5, 0.6) is 0 Å². The predicted molar refractivity (Wildman–Crippen MR) is 245 cm³/mol. The van der Waals surface area contributed by atoms with Gasteiger partial charge < -0.3 is 24.8 Å². The van der Waals surface area contributed by atoms with E-state index in [0.29, 0.717) is 0 Å². The van der Waals surface area contributed by atoms with Crippen LogP contribution in [0, 0.1) is 27.7 Å². The molecule has 0 nitrogen and oxygen atoms in total. The van der Waals surface area contributed by atoms with E-state index in [1.165, 1.54) is 86.6 Å². The monoisotopic (exact) mass is 982 g/mol. The maximum Gasteiger partial charge on any atom is 2.00 e. The summed E-state index contributed by atoms with van der Waals surface area (Å²) in [6.45, 7) is 8.62. The van der Waals surface area contributed by atoms with Gasteiger partial charge in [0.05, 0.1) is 0 Å². The van der Waals surface area contributed by atoms with Crippen LogP contribution in [-0.2, 0) is 52.4 Å². The molecule has 2 unspecified atom stereocenters. The zero-order chi connectivity index (χ0) is 37.3. The van der Waals surface area contributed by atoms with Crippen LogP contribution in [0.25, 0.3) is 43.1 Å². The van der Waals surface area contributed by atoms with E-state index in [0.717, 1.165) is 17.2 Å². The van der Waals surface area contributed by atoms with Gasteiger partial charge >= 0.3 is 52.4 Å². The molecule has 10 aromatic rings. The Balaban J connectivity index is 0.000000208. The number of benzene rings is 6. The van der Waals surface area contributed by atoms with Crippen molar-refractivity contribution in [2.24, 2.45) is 0 Å². The van der Waals surface area contributed by atoms with Crippen molar-refractivity contribution in [3.8, 4) is 0 Å². The summed E-state index contributed by atoms with van der Waals surface area (Å²) in [7, 11) is 1.52. The first kappa shape index (κ1) is 49.3. The maximum absolute atomic E-state index is 2.31. The van der Waals surface area contributed by atoms with Gasteiger partial charge in [0.15, 0.2) is 0 Å². The van der Waals surface area contributed by atoms with E-state index < -0.39 is 0 Å². The number of aryl methyl sites for hydroxylation is 4. The molecule has 0 aliphatic rings. The molecule has 58 heavy (non-hydrogen) atoms. The molecule has 10 aromatic carbocycles. The number of halogens is 2. The van der Waals surface area contributed by atoms with E-state index in [-0.39, 0.29) is 77.2 Å². The molecule has 0 radical (unpaired) electrons. The maximum atomic E-state index is 2.31. The fraction of sp³-hybridized carbons (Fsp3) is 0.0769. The Morgan fingerprint density at radius 2 is 0.603 bits per heavy atom. The van der Waals surface area contributed by atoms with Crippen molar-refractivity contribution >= 4 is 81.5 Å². The standard InChI is InChI=1S/2C16H14P.2C10H9.2ClH.2Zr/c2*1-12-6-2-5-9-16(12)17-15-10-13-7-3-4-8-14(13)11-15;2*1-8-6-9-4-2-3-5-10(9)7-8;;;;/h2*2-11,17H,1H3;2*2-7H,1H3;2*1H;;/q4*-1;;;2*+2/p-2. The van der Waals surface area contributed by atoms with Crippen LogP contribution in [-0.4, -0.2) is 0 Å². The summed E-state index contributed by atoms with van der Waals surface area (Å²) >= 11 is 0. The molecule has 0 N–H and O–H groups in total. The van der Waals surface area contributed by atoms with Crippen molar-refractivity contribution in [3.63, 3.8) is 0 Å². The summed E-state index contributed by atoms with van der Waals surface area (Å²) in [6, 6.07) is 69.3. The van der Waals surface area contributed by atoms with Gasteiger partial charge in [-0.05, 0) is 35.6 Å². The van der Waals surface area contributed by atoms with Crippen LogP contribution in [0.4, 0.5) is 0 Å². The Morgan fingerprint density at radius 3 is 0.914 bits per heavy atom. The largest absolute Gasteiger partial charge is 2.00 e. The molecule has 2 atom stereocenters. The molecule has 6 heteroatoms. The first-order valence-electron chi connectivity index (χ1n) is 18.6. The van der Waals surface area contributed by atoms with Gasteiger partial charge in [0, 0.05) is 0 Å². The molecule has 0 fully saturated rings. The van der Waals surface area contributed by atoms with Gasteiger partial charge in [-0.1, -0.05) is 104 Å². The number of fused-ring (bicyclic) bond motifs is 4. The summed E-state index contributed by atoms with van der Waals surface area (Å²) in [5.74, 6) is 0. The zero-order valence-corrected chi connectivity index (χ0v) is 41.7. The average Bonchev–Trinajstić information content (AvgIpc) is 3.97. The van der Waals surface area contributed by atoms with E-state index in [9.17, 15) is 0 Å². The van der Waals surface area contributed by atoms with E-state index in [2.05, 4.69) is 222 Å². The van der Waals surface area contributed by atoms with Gasteiger partial charge in [-0.25, -0.2) is 0 Å². The molecule has 0 heterocycles. The molecule has 0 aliphatic carbocycles. The normalized spacial score (nSPS) is 10.4. The minimum atomic E-state index is 0. The van der Waals surface area contributed by atoms with E-state index in [1.54, 1.807) is 0 Å². The minimum Gasteiger partial charge on any atom is -1.00 e. The van der Waals surface area contributed by atoms with Crippen molar-refractivity contribution in [2.45, 2.75) is 27.7 Å². The molecule has 10 rings (SSSR count). The molecule has 0 saturated heterocycles. The molecule has 0 amide bonds. The Kier molecular flexibility index (Phi) is 20.6. The predicted octanol–water partition coefficient (Wildman–Crippen LogP) is 6.73. The second-order valence-corrected chi connectivity index (χ2v) is 16.7. The van der Waals surface area contributed by atoms with Gasteiger partial charge in [-0.2, -0.15) is 24.3 Å². The molecule has 288 valence electrons. The van der Waals surface area contributed by atoms with Crippen LogP contribution < -0.4 is 46.0 Å². The first-order chi connectivity index (χ1) is 26.4. The van der Waals surface area contributed by atoms with Crippen molar-refractivity contribution < 1.29 is 77.2 Å². The Labute approximate surface area is 399 Å². The third-order valence-corrected chi connectivity index (χ3v) is 12.4. The number of rotatable bonds is 4. The molecule has 0 saturated carbocycles. The molecule has 0 bridgehead atoms. The fourth-order valence-corrected chi connectivity index (χ4v) is 9.25. The molecular formula is C52H46Cl2P2Zr2-2. The van der Waals surface area contributed by atoms with Crippen molar-refractivity contribution in [1.29, 1.82) is 0 Å². The van der Waals surface area contributed by atoms with E-state index in [1.807, 2.05) is 0 Å². The van der Waals surface area contributed by atoms with Crippen molar-refractivity contribution in [1.82, 2.24) is 0 Å². The second-order valence-electron chi connectivity index (χ2n) is 13.9. The van der Waals surface area contributed by atoms with Crippen LogP contribution in [0.3, 0.4) is 0 Å². The number of hydrogen-bond acceptors (Lipinski definition) is 0. The summed E-state index contributed by atoms with van der Waals surface area (Å²) in [6.07, 6.45) is 0. The smallest absolute Gasteiger partial charge is 1.00 e. The zero-order valence-electron chi connectivity index (χ0n) is 33.2. The number of hydrogen-bond donors (Lipinski definition) is 0. The summed E-state index contributed by atoms with van der Waals surface area (Å²) in [5.41, 5.74) is 5.47. The summed E-state index contributed by atoms with van der Waals surface area (Å²) < 4.78 is 0. The van der Waals surface area contributed by atoms with Crippen molar-refractivity contribution in [3.05, 3.63) is 216 Å². The average molecular weight is 986 g/mol. The molecule has 0 aromatic heterocycles. The topological polar surface area (TPSA) is 0 Å². The van der Waals surface area contributed by atoms with Crippen LogP contribution in [0.1, 0.15) is 22.3 Å². The third-order valence-electron chi connectivity index (χ3n) is 9.61. The Hall–Kier alpha value is -3.03. The SMILES string of the molecule is Cc1cc2ccccc2[cH-]1.Cc1cc2ccccc2[cH-]1.Cc1ccccc1Pc1cc2ccccc2[cH-]1.Cc1ccccc1Pc1cc2ccccc2[cH-]1.[Cl-].[Cl-].[Zr+2].[Zr+2]. The minimum absolute atomic E-state index is 0. The van der Waals surface area contributed by atoms with Gasteiger partial charge in [0.1, 0.15) is 0 Å². The fourth-order valence-electron chi connectivity index (χ4n) is 6.79. The van der Waals surface area contributed by atoms with Crippen LogP contribution in [0.15, 0.2) is 194 Å². The molecule has 0 aliphatic heterocycles. The summed E-state index contributed by atoms with van der Waals surface area (Å²) in [5, 5.41) is 16.5. The van der Waals surface area contributed by atoms with E-state index in [4.69, 9.17) is 0 Å². The Bertz CT molecular complexity index is 2430.